The molecule has 0 fully saturated rings. The number of carbonyl (C=O) groups is 2. The van der Waals surface area contributed by atoms with Crippen LogP contribution in [-0.2, 0) is 20.7 Å². The van der Waals surface area contributed by atoms with Gasteiger partial charge in [0.1, 0.15) is 11.8 Å². The summed E-state index contributed by atoms with van der Waals surface area (Å²) >= 11 is 0. The lowest BCUT2D eigenvalue weighted by Gasteiger charge is -2.27. The molecule has 25 heavy (non-hydrogen) atoms. The zero-order valence-corrected chi connectivity index (χ0v) is 14.7. The second-order valence-electron chi connectivity index (χ2n) is 5.74. The normalized spacial score (nSPS) is 13.1. The predicted octanol–water partition coefficient (Wildman–Crippen LogP) is 0.190. The van der Waals surface area contributed by atoms with E-state index in [4.69, 9.17) is 20.9 Å². The highest BCUT2D eigenvalue weighted by molar-refractivity contribution is 5.86. The van der Waals surface area contributed by atoms with E-state index in [-0.39, 0.29) is 6.79 Å². The van der Waals surface area contributed by atoms with Crippen LogP contribution < -0.4 is 16.2 Å². The van der Waals surface area contributed by atoms with E-state index < -0.39 is 24.0 Å². The average Bonchev–Trinajstić information content (AvgIpc) is 2.60. The molecule has 0 spiro atoms. The van der Waals surface area contributed by atoms with Gasteiger partial charge in [-0.15, -0.1) is 0 Å². The Morgan fingerprint density at radius 1 is 1.28 bits per heavy atom. The Labute approximate surface area is 147 Å². The maximum Gasteiger partial charge on any atom is 0.326 e. The molecule has 5 N–H and O–H groups in total. The number of nitrogens with zero attached hydrogens (tertiary/aromatic N) is 1. The molecule has 0 radical (unpaired) electrons. The summed E-state index contributed by atoms with van der Waals surface area (Å²) in [5, 5.41) is 9.29. The van der Waals surface area contributed by atoms with Crippen molar-refractivity contribution in [3.63, 3.8) is 0 Å². The van der Waals surface area contributed by atoms with Crippen molar-refractivity contribution in [3.05, 3.63) is 29.8 Å². The Bertz CT molecular complexity index is 550. The highest BCUT2D eigenvalue weighted by atomic mass is 16.7. The second kappa shape index (κ2) is 10.7. The van der Waals surface area contributed by atoms with Crippen molar-refractivity contribution in [1.29, 1.82) is 0 Å². The molecule has 2 atom stereocenters. The van der Waals surface area contributed by atoms with Crippen molar-refractivity contribution in [2.45, 2.75) is 31.3 Å². The monoisotopic (exact) mass is 353 g/mol. The Morgan fingerprint density at radius 2 is 1.92 bits per heavy atom. The third kappa shape index (κ3) is 6.69. The van der Waals surface area contributed by atoms with Gasteiger partial charge in [0.05, 0.1) is 6.04 Å². The van der Waals surface area contributed by atoms with Crippen LogP contribution in [0.25, 0.3) is 0 Å². The number of methoxy groups -OCH3 is 1. The molecule has 0 bridgehead atoms. The molecule has 0 aliphatic heterocycles. The van der Waals surface area contributed by atoms with Gasteiger partial charge in [-0.1, -0.05) is 12.1 Å². The first-order chi connectivity index (χ1) is 11.9. The molecule has 8 nitrogen and oxygen atoms in total. The molecule has 1 aromatic carbocycles. The van der Waals surface area contributed by atoms with Crippen molar-refractivity contribution in [2.75, 3.05) is 27.5 Å². The molecule has 1 rings (SSSR count). The molecule has 0 saturated carbocycles. The van der Waals surface area contributed by atoms with Crippen molar-refractivity contribution in [2.24, 2.45) is 11.5 Å². The van der Waals surface area contributed by atoms with Gasteiger partial charge in [0.25, 0.3) is 0 Å². The molecule has 0 saturated heterocycles. The van der Waals surface area contributed by atoms with Crippen molar-refractivity contribution < 1.29 is 24.2 Å². The fourth-order valence-electron chi connectivity index (χ4n) is 2.40. The number of aliphatic carboxylic acids is 1. The summed E-state index contributed by atoms with van der Waals surface area (Å²) in [6, 6.07) is 5.39. The number of carboxylic acid groups (broad SMARTS) is 1. The van der Waals surface area contributed by atoms with Gasteiger partial charge in [0.15, 0.2) is 6.79 Å². The smallest absolute Gasteiger partial charge is 0.326 e. The molecule has 0 heterocycles. The first-order valence-corrected chi connectivity index (χ1v) is 8.06. The van der Waals surface area contributed by atoms with E-state index in [1.165, 1.54) is 19.1 Å². The van der Waals surface area contributed by atoms with Gasteiger partial charge in [-0.25, -0.2) is 4.79 Å². The number of hydrogen-bond donors (Lipinski definition) is 3. The van der Waals surface area contributed by atoms with Crippen LogP contribution in [0.5, 0.6) is 5.75 Å². The van der Waals surface area contributed by atoms with E-state index in [0.29, 0.717) is 31.6 Å². The van der Waals surface area contributed by atoms with Crippen LogP contribution in [0.4, 0.5) is 0 Å². The topological polar surface area (TPSA) is 128 Å². The van der Waals surface area contributed by atoms with E-state index in [0.717, 1.165) is 5.56 Å². The van der Waals surface area contributed by atoms with Crippen LogP contribution in [0.15, 0.2) is 24.3 Å². The first-order valence-electron chi connectivity index (χ1n) is 8.06. The molecule has 0 aromatic heterocycles. The molecule has 0 unspecified atom stereocenters. The van der Waals surface area contributed by atoms with Crippen LogP contribution in [0.2, 0.25) is 0 Å². The van der Waals surface area contributed by atoms with Gasteiger partial charge >= 0.3 is 5.97 Å². The molecule has 1 aromatic rings. The van der Waals surface area contributed by atoms with Crippen molar-refractivity contribution >= 4 is 11.9 Å². The van der Waals surface area contributed by atoms with Crippen LogP contribution in [0, 0.1) is 0 Å². The third-order valence-corrected chi connectivity index (χ3v) is 3.82. The standard InChI is InChI=1S/C17H27N3O5/c1-20(15(17(22)23)4-3-9-18)16(21)14(19)10-12-5-7-13(8-6-12)25-11-24-2/h5-8,14-15H,3-4,9-11,18-19H2,1-2H3,(H,22,23)/t14-,15-/m1/s1. The zero-order chi connectivity index (χ0) is 18.8. The minimum absolute atomic E-state index is 0.154. The van der Waals surface area contributed by atoms with Crippen LogP contribution >= 0.6 is 0 Å². The maximum atomic E-state index is 12.4. The van der Waals surface area contributed by atoms with E-state index >= 15 is 0 Å². The lowest BCUT2D eigenvalue weighted by molar-refractivity contribution is -0.149. The van der Waals surface area contributed by atoms with Crippen LogP contribution in [0.3, 0.4) is 0 Å². The highest BCUT2D eigenvalue weighted by Gasteiger charge is 2.29. The lowest BCUT2D eigenvalue weighted by Crippen LogP contribution is -2.50. The summed E-state index contributed by atoms with van der Waals surface area (Å²) in [7, 11) is 2.99. The summed E-state index contributed by atoms with van der Waals surface area (Å²) in [5.41, 5.74) is 12.2. The van der Waals surface area contributed by atoms with Crippen LogP contribution in [-0.4, -0.2) is 61.5 Å². The number of rotatable bonds is 11. The van der Waals surface area contributed by atoms with Crippen LogP contribution in [0.1, 0.15) is 18.4 Å². The molecule has 0 aliphatic rings. The van der Waals surface area contributed by atoms with Gasteiger partial charge in [-0.3, -0.25) is 4.79 Å². The largest absolute Gasteiger partial charge is 0.480 e. The zero-order valence-electron chi connectivity index (χ0n) is 14.7. The summed E-state index contributed by atoms with van der Waals surface area (Å²) in [5.74, 6) is -0.824. The van der Waals surface area contributed by atoms with E-state index in [1.54, 1.807) is 24.3 Å². The minimum atomic E-state index is -1.06. The van der Waals surface area contributed by atoms with Crippen molar-refractivity contribution in [1.82, 2.24) is 4.90 Å². The number of likely N-dealkylation sites (N-methyl/N-ethyl adjacent to an activating group) is 1. The lowest BCUT2D eigenvalue weighted by atomic mass is 10.0. The fourth-order valence-corrected chi connectivity index (χ4v) is 2.40. The number of carbonyl (C=O) groups excluding carboxylic acids is 1. The summed E-state index contributed by atoms with van der Waals surface area (Å²) in [4.78, 5) is 25.0. The van der Waals surface area contributed by atoms with E-state index in [2.05, 4.69) is 0 Å². The maximum absolute atomic E-state index is 12.4. The molecule has 140 valence electrons. The molecule has 8 heteroatoms. The van der Waals surface area contributed by atoms with Gasteiger partial charge in [-0.2, -0.15) is 0 Å². The number of nitrogens with two attached hydrogens (primary N) is 2. The van der Waals surface area contributed by atoms with Gasteiger partial charge in [0.2, 0.25) is 5.91 Å². The molecular formula is C17H27N3O5. The molecule has 1 amide bonds. The highest BCUT2D eigenvalue weighted by Crippen LogP contribution is 2.14. The Balaban J connectivity index is 2.66. The molecule has 0 aliphatic carbocycles. The van der Waals surface area contributed by atoms with Gasteiger partial charge in [0, 0.05) is 14.2 Å². The average molecular weight is 353 g/mol. The Kier molecular flexibility index (Phi) is 8.90. The summed E-state index contributed by atoms with van der Waals surface area (Å²) in [6.07, 6.45) is 1.12. The van der Waals surface area contributed by atoms with Gasteiger partial charge < -0.3 is 30.9 Å². The predicted molar refractivity (Wildman–Crippen MR) is 93.1 cm³/mol. The second-order valence-corrected chi connectivity index (χ2v) is 5.74. The number of carboxylic acids is 1. The van der Waals surface area contributed by atoms with E-state index in [9.17, 15) is 14.7 Å². The van der Waals surface area contributed by atoms with E-state index in [1.807, 2.05) is 0 Å². The Morgan fingerprint density at radius 3 is 2.44 bits per heavy atom. The first kappa shape index (κ1) is 20.9. The SMILES string of the molecule is COCOc1ccc(C[C@@H](N)C(=O)N(C)[C@H](CCCN)C(=O)O)cc1. The quantitative estimate of drug-likeness (QED) is 0.484. The number of amides is 1. The summed E-state index contributed by atoms with van der Waals surface area (Å²) < 4.78 is 10.1. The third-order valence-electron chi connectivity index (χ3n) is 3.82. The Hall–Kier alpha value is -2.16. The molecular weight excluding hydrogens is 326 g/mol. The minimum Gasteiger partial charge on any atom is -0.480 e. The number of ether oxygens (including phenoxy) is 2. The number of benzene rings is 1. The fraction of sp³-hybridized carbons (Fsp3) is 0.529. The number of hydrogen-bond acceptors (Lipinski definition) is 6. The van der Waals surface area contributed by atoms with Gasteiger partial charge in [-0.05, 0) is 43.5 Å². The van der Waals surface area contributed by atoms with Crippen molar-refractivity contribution in [3.8, 4) is 5.75 Å². The summed E-state index contributed by atoms with van der Waals surface area (Å²) in [6.45, 7) is 0.525.